The molecule has 1 fully saturated rings. The number of benzene rings is 2. The van der Waals surface area contributed by atoms with E-state index >= 15 is 0 Å². The van der Waals surface area contributed by atoms with Crippen LogP contribution in [0.25, 0.3) is 0 Å². The van der Waals surface area contributed by atoms with Crippen LogP contribution in [0.2, 0.25) is 0 Å². The molecular weight excluding hydrogens is 510 g/mol. The first-order chi connectivity index (χ1) is 18.9. The lowest BCUT2D eigenvalue weighted by Crippen LogP contribution is -2.44. The summed E-state index contributed by atoms with van der Waals surface area (Å²) in [5, 5.41) is 22.4. The monoisotopic (exact) mass is 544 g/mol. The fourth-order valence-electron chi connectivity index (χ4n) is 4.60. The molecule has 1 saturated heterocycles. The van der Waals surface area contributed by atoms with E-state index in [4.69, 9.17) is 14.2 Å². The van der Waals surface area contributed by atoms with Gasteiger partial charge in [0.25, 0.3) is 0 Å². The smallest absolute Gasteiger partial charge is 0.227 e. The minimum absolute atomic E-state index is 0.0320. The number of hydrogen-bond acceptors (Lipinski definition) is 9. The first-order valence-corrected chi connectivity index (χ1v) is 12.8. The maximum absolute atomic E-state index is 14.7. The molecule has 39 heavy (non-hydrogen) atoms. The summed E-state index contributed by atoms with van der Waals surface area (Å²) in [6.07, 6.45) is 4.58. The number of nitrogens with one attached hydrogen (secondary N) is 1. The number of rotatable bonds is 11. The van der Waals surface area contributed by atoms with Gasteiger partial charge in [-0.3, -0.25) is 0 Å². The molecule has 0 amide bonds. The molecule has 1 aliphatic rings. The third-order valence-electron chi connectivity index (χ3n) is 7.22. The number of aromatic nitrogens is 2. The first-order valence-electron chi connectivity index (χ1n) is 12.8. The van der Waals surface area contributed by atoms with E-state index in [0.29, 0.717) is 55.3 Å². The molecule has 210 valence electrons. The Morgan fingerprint density at radius 1 is 0.974 bits per heavy atom. The van der Waals surface area contributed by atoms with E-state index in [2.05, 4.69) is 20.2 Å². The van der Waals surface area contributed by atoms with E-state index in [1.54, 1.807) is 14.0 Å². The standard InChI is InChI=1S/C28H34F2N4O5/c1-4-18-11-24(38-3)26(30)21(25(18)29)15-39-20-13-31-27(32-14-20)33-19-5-6-22(23(12-19)37-2)34-9-7-28(16-35,17-36)8-10-34/h5-6,11-14,35-36H,4,7-10,15-17H2,1-3H3,(H,31,32,33). The van der Waals surface area contributed by atoms with Gasteiger partial charge in [0.1, 0.15) is 18.2 Å². The molecule has 0 aliphatic carbocycles. The number of aryl methyl sites for hydroxylation is 1. The highest BCUT2D eigenvalue weighted by atomic mass is 19.1. The topological polar surface area (TPSA) is 109 Å². The molecule has 0 radical (unpaired) electrons. The second-order valence-electron chi connectivity index (χ2n) is 9.54. The minimum atomic E-state index is -0.797. The molecule has 0 unspecified atom stereocenters. The molecular formula is C28H34F2N4O5. The van der Waals surface area contributed by atoms with Crippen LogP contribution < -0.4 is 24.4 Å². The second-order valence-corrected chi connectivity index (χ2v) is 9.54. The summed E-state index contributed by atoms with van der Waals surface area (Å²) in [5.74, 6) is -0.271. The summed E-state index contributed by atoms with van der Waals surface area (Å²) in [4.78, 5) is 10.7. The van der Waals surface area contributed by atoms with Crippen LogP contribution in [0.1, 0.15) is 30.9 Å². The molecule has 3 N–H and O–H groups in total. The summed E-state index contributed by atoms with van der Waals surface area (Å²) in [6.45, 7) is 2.75. The van der Waals surface area contributed by atoms with Gasteiger partial charge in [-0.05, 0) is 43.0 Å². The van der Waals surface area contributed by atoms with Gasteiger partial charge in [0, 0.05) is 30.3 Å². The van der Waals surface area contributed by atoms with Crippen molar-refractivity contribution in [1.29, 1.82) is 0 Å². The van der Waals surface area contributed by atoms with Crippen LogP contribution in [0, 0.1) is 17.0 Å². The summed E-state index contributed by atoms with van der Waals surface area (Å²) < 4.78 is 45.5. The maximum Gasteiger partial charge on any atom is 0.227 e. The van der Waals surface area contributed by atoms with Crippen LogP contribution in [0.3, 0.4) is 0 Å². The third-order valence-corrected chi connectivity index (χ3v) is 7.22. The van der Waals surface area contributed by atoms with Crippen LogP contribution in [0.5, 0.6) is 17.2 Å². The largest absolute Gasteiger partial charge is 0.495 e. The SMILES string of the molecule is CCc1cc(OC)c(F)c(COc2cnc(Nc3ccc(N4CCC(CO)(CO)CC4)c(OC)c3)nc2)c1F. The Balaban J connectivity index is 1.41. The molecule has 2 aromatic carbocycles. The lowest BCUT2D eigenvalue weighted by Gasteiger charge is -2.40. The third kappa shape index (κ3) is 6.15. The van der Waals surface area contributed by atoms with Crippen LogP contribution in [0.4, 0.5) is 26.1 Å². The number of anilines is 3. The van der Waals surface area contributed by atoms with E-state index in [-0.39, 0.29) is 36.9 Å². The molecule has 1 aliphatic heterocycles. The average molecular weight is 545 g/mol. The summed E-state index contributed by atoms with van der Waals surface area (Å²) in [5.41, 5.74) is 1.31. The van der Waals surface area contributed by atoms with E-state index in [1.807, 2.05) is 18.2 Å². The molecule has 2 heterocycles. The van der Waals surface area contributed by atoms with E-state index in [0.717, 1.165) is 5.69 Å². The number of methoxy groups -OCH3 is 2. The molecule has 0 spiro atoms. The predicted octanol–water partition coefficient (Wildman–Crippen LogP) is 4.23. The van der Waals surface area contributed by atoms with Crippen molar-refractivity contribution >= 4 is 17.3 Å². The van der Waals surface area contributed by atoms with Gasteiger partial charge >= 0.3 is 0 Å². The molecule has 11 heteroatoms. The fraction of sp³-hybridized carbons (Fsp3) is 0.429. The van der Waals surface area contributed by atoms with Gasteiger partial charge < -0.3 is 34.6 Å². The van der Waals surface area contributed by atoms with Crippen LogP contribution in [0.15, 0.2) is 36.7 Å². The Morgan fingerprint density at radius 3 is 2.23 bits per heavy atom. The molecule has 0 saturated carbocycles. The van der Waals surface area contributed by atoms with Gasteiger partial charge in [-0.1, -0.05) is 6.92 Å². The zero-order chi connectivity index (χ0) is 28.0. The van der Waals surface area contributed by atoms with Crippen LogP contribution in [-0.4, -0.2) is 60.7 Å². The molecule has 9 nitrogen and oxygen atoms in total. The van der Waals surface area contributed by atoms with Gasteiger partial charge in [-0.15, -0.1) is 0 Å². The lowest BCUT2D eigenvalue weighted by atomic mass is 9.80. The Bertz CT molecular complexity index is 1230. The highest BCUT2D eigenvalue weighted by Crippen LogP contribution is 2.38. The van der Waals surface area contributed by atoms with Crippen molar-refractivity contribution in [1.82, 2.24) is 9.97 Å². The van der Waals surface area contributed by atoms with Gasteiger partial charge in [0.2, 0.25) is 5.95 Å². The number of ether oxygens (including phenoxy) is 3. The van der Waals surface area contributed by atoms with Crippen LogP contribution >= 0.6 is 0 Å². The second kappa shape index (κ2) is 12.4. The van der Waals surface area contributed by atoms with E-state index in [1.165, 1.54) is 25.6 Å². The molecule has 0 bridgehead atoms. The van der Waals surface area contributed by atoms with E-state index in [9.17, 15) is 19.0 Å². The Hall–Kier alpha value is -3.70. The van der Waals surface area contributed by atoms with Gasteiger partial charge in [-0.25, -0.2) is 18.7 Å². The molecule has 1 aromatic heterocycles. The van der Waals surface area contributed by atoms with Crippen LogP contribution in [-0.2, 0) is 13.0 Å². The van der Waals surface area contributed by atoms with Crippen molar-refractivity contribution in [3.63, 3.8) is 0 Å². The summed E-state index contributed by atoms with van der Waals surface area (Å²) in [7, 11) is 2.93. The molecule has 4 rings (SSSR count). The number of piperidine rings is 1. The summed E-state index contributed by atoms with van der Waals surface area (Å²) in [6, 6.07) is 7.00. The lowest BCUT2D eigenvalue weighted by molar-refractivity contribution is 0.0340. The number of aliphatic hydroxyl groups excluding tert-OH is 2. The number of hydrogen-bond donors (Lipinski definition) is 3. The normalized spacial score (nSPS) is 14.7. The highest BCUT2D eigenvalue weighted by Gasteiger charge is 2.34. The molecule has 0 atom stereocenters. The van der Waals surface area contributed by atoms with Crippen molar-refractivity contribution in [3.8, 4) is 17.2 Å². The highest BCUT2D eigenvalue weighted by molar-refractivity contribution is 5.67. The number of aliphatic hydroxyl groups is 2. The number of nitrogens with zero attached hydrogens (tertiary/aromatic N) is 3. The Labute approximate surface area is 226 Å². The van der Waals surface area contributed by atoms with E-state index < -0.39 is 17.0 Å². The predicted molar refractivity (Wildman–Crippen MR) is 143 cm³/mol. The van der Waals surface area contributed by atoms with Gasteiger partial charge in [-0.2, -0.15) is 0 Å². The van der Waals surface area contributed by atoms with Gasteiger partial charge in [0.05, 0.1) is 51.1 Å². The Kier molecular flexibility index (Phi) is 9.03. The zero-order valence-electron chi connectivity index (χ0n) is 22.3. The Morgan fingerprint density at radius 2 is 1.64 bits per heavy atom. The minimum Gasteiger partial charge on any atom is -0.495 e. The average Bonchev–Trinajstić information content (AvgIpc) is 2.98. The van der Waals surface area contributed by atoms with Crippen molar-refractivity contribution < 1.29 is 33.2 Å². The maximum atomic E-state index is 14.7. The number of halogens is 2. The zero-order valence-corrected chi connectivity index (χ0v) is 22.3. The molecule has 3 aromatic rings. The quantitative estimate of drug-likeness (QED) is 0.327. The summed E-state index contributed by atoms with van der Waals surface area (Å²) >= 11 is 0. The first kappa shape index (κ1) is 28.3. The van der Waals surface area contributed by atoms with Crippen molar-refractivity contribution in [2.45, 2.75) is 32.8 Å². The fourth-order valence-corrected chi connectivity index (χ4v) is 4.60. The van der Waals surface area contributed by atoms with Crippen molar-refractivity contribution in [2.24, 2.45) is 5.41 Å². The van der Waals surface area contributed by atoms with Gasteiger partial charge in [0.15, 0.2) is 17.3 Å². The van der Waals surface area contributed by atoms with Crippen molar-refractivity contribution in [2.75, 3.05) is 50.7 Å². The van der Waals surface area contributed by atoms with Crippen molar-refractivity contribution in [3.05, 3.63) is 59.4 Å².